The van der Waals surface area contributed by atoms with Gasteiger partial charge in [0.2, 0.25) is 0 Å². The smallest absolute Gasteiger partial charge is 0.170 e. The second-order valence-electron chi connectivity index (χ2n) is 7.27. The summed E-state index contributed by atoms with van der Waals surface area (Å²) in [6.07, 6.45) is 9.17. The first-order valence-corrected chi connectivity index (χ1v) is 9.37. The number of hydrogen-bond acceptors (Lipinski definition) is 3. The van der Waals surface area contributed by atoms with Gasteiger partial charge in [-0.3, -0.25) is 4.79 Å². The van der Waals surface area contributed by atoms with Crippen LogP contribution in [0.25, 0.3) is 16.9 Å². The largest absolute Gasteiger partial charge is 0.486 e. The fourth-order valence-electron chi connectivity index (χ4n) is 3.90. The van der Waals surface area contributed by atoms with Crippen molar-refractivity contribution in [3.05, 3.63) is 59.4 Å². The maximum atomic E-state index is 12.7. The first-order chi connectivity index (χ1) is 12.5. The van der Waals surface area contributed by atoms with Crippen LogP contribution in [0, 0.1) is 0 Å². The van der Waals surface area contributed by atoms with Crippen LogP contribution in [0.1, 0.15) is 62.4 Å². The molecular formula is C23H24O3. The normalized spacial score (nSPS) is 18.2. The quantitative estimate of drug-likeness (QED) is 0.660. The van der Waals surface area contributed by atoms with Gasteiger partial charge in [0.05, 0.1) is 18.2 Å². The van der Waals surface area contributed by atoms with Gasteiger partial charge in [-0.1, -0.05) is 26.0 Å². The Morgan fingerprint density at radius 2 is 1.92 bits per heavy atom. The van der Waals surface area contributed by atoms with E-state index in [-0.39, 0.29) is 11.4 Å². The third-order valence-electron chi connectivity index (χ3n) is 5.78. The fourth-order valence-corrected chi connectivity index (χ4v) is 3.90. The average Bonchev–Trinajstić information content (AvgIpc) is 3.30. The summed E-state index contributed by atoms with van der Waals surface area (Å²) in [5.74, 6) is 1.63. The van der Waals surface area contributed by atoms with Crippen LogP contribution < -0.4 is 4.74 Å². The zero-order chi connectivity index (χ0) is 18.3. The van der Waals surface area contributed by atoms with Gasteiger partial charge in [-0.15, -0.1) is 0 Å². The standard InChI is InChI=1S/C23H24O3/c1-4-23(5-2)13-20(24)19-11-16(9-10-21(19)26-23)22-12-17(14-25-22)18-8-6-7-15(18)3/h6-7,9-12,14H,4-5,8,13H2,1-3H3. The van der Waals surface area contributed by atoms with E-state index in [0.29, 0.717) is 17.7 Å². The van der Waals surface area contributed by atoms with Gasteiger partial charge in [0.15, 0.2) is 5.78 Å². The molecule has 0 spiro atoms. The third-order valence-corrected chi connectivity index (χ3v) is 5.78. The molecule has 1 aromatic carbocycles. The number of carbonyl (C=O) groups excluding carboxylic acids is 1. The highest BCUT2D eigenvalue weighted by Crippen LogP contribution is 2.40. The van der Waals surface area contributed by atoms with Crippen molar-refractivity contribution in [2.45, 2.75) is 52.1 Å². The predicted molar refractivity (Wildman–Crippen MR) is 103 cm³/mol. The van der Waals surface area contributed by atoms with Crippen LogP contribution >= 0.6 is 0 Å². The number of allylic oxidation sites excluding steroid dienone is 4. The van der Waals surface area contributed by atoms with Gasteiger partial charge in [-0.05, 0) is 61.6 Å². The summed E-state index contributed by atoms with van der Waals surface area (Å²) >= 11 is 0. The number of benzene rings is 1. The molecule has 0 atom stereocenters. The highest BCUT2D eigenvalue weighted by molar-refractivity contribution is 6.01. The molecule has 0 bridgehead atoms. The Hall–Kier alpha value is -2.55. The number of ketones is 1. The Morgan fingerprint density at radius 1 is 1.12 bits per heavy atom. The molecule has 0 N–H and O–H groups in total. The highest BCUT2D eigenvalue weighted by Gasteiger charge is 2.37. The first-order valence-electron chi connectivity index (χ1n) is 9.37. The number of carbonyl (C=O) groups is 1. The number of fused-ring (bicyclic) bond motifs is 1. The summed E-state index contributed by atoms with van der Waals surface area (Å²) in [5, 5.41) is 0. The van der Waals surface area contributed by atoms with Crippen molar-refractivity contribution in [2.75, 3.05) is 0 Å². The molecule has 2 heterocycles. The van der Waals surface area contributed by atoms with Gasteiger partial charge in [-0.2, -0.15) is 0 Å². The van der Waals surface area contributed by atoms with Gasteiger partial charge < -0.3 is 9.15 Å². The van der Waals surface area contributed by atoms with Gasteiger partial charge in [0.1, 0.15) is 17.1 Å². The molecule has 2 aliphatic rings. The number of ether oxygens (including phenoxy) is 1. The molecule has 0 saturated heterocycles. The minimum Gasteiger partial charge on any atom is -0.486 e. The Kier molecular flexibility index (Phi) is 4.10. The lowest BCUT2D eigenvalue weighted by atomic mass is 9.85. The zero-order valence-corrected chi connectivity index (χ0v) is 15.6. The molecule has 0 fully saturated rings. The maximum absolute atomic E-state index is 12.7. The number of furan rings is 1. The molecule has 2 aromatic rings. The molecule has 4 rings (SSSR count). The Balaban J connectivity index is 1.67. The summed E-state index contributed by atoms with van der Waals surface area (Å²) in [6, 6.07) is 7.85. The summed E-state index contributed by atoms with van der Waals surface area (Å²) in [6.45, 7) is 6.28. The molecule has 0 radical (unpaired) electrons. The van der Waals surface area contributed by atoms with E-state index in [1.807, 2.05) is 18.2 Å². The number of hydrogen-bond donors (Lipinski definition) is 0. The van der Waals surface area contributed by atoms with Crippen LogP contribution in [-0.4, -0.2) is 11.4 Å². The van der Waals surface area contributed by atoms with E-state index in [1.54, 1.807) is 6.26 Å². The van der Waals surface area contributed by atoms with Crippen molar-refractivity contribution < 1.29 is 13.9 Å². The van der Waals surface area contributed by atoms with Crippen molar-refractivity contribution in [1.29, 1.82) is 0 Å². The average molecular weight is 348 g/mol. The number of rotatable bonds is 4. The van der Waals surface area contributed by atoms with E-state index in [9.17, 15) is 4.79 Å². The summed E-state index contributed by atoms with van der Waals surface area (Å²) < 4.78 is 12.0. The van der Waals surface area contributed by atoms with Gasteiger partial charge >= 0.3 is 0 Å². The summed E-state index contributed by atoms with van der Waals surface area (Å²) in [5.41, 5.74) is 4.91. The van der Waals surface area contributed by atoms with Crippen molar-refractivity contribution in [1.82, 2.24) is 0 Å². The van der Waals surface area contributed by atoms with E-state index in [1.165, 1.54) is 11.1 Å². The Morgan fingerprint density at radius 3 is 2.62 bits per heavy atom. The topological polar surface area (TPSA) is 39.4 Å². The van der Waals surface area contributed by atoms with Crippen molar-refractivity contribution >= 4 is 11.4 Å². The molecule has 0 amide bonds. The molecule has 0 saturated carbocycles. The minimum absolute atomic E-state index is 0.155. The third kappa shape index (κ3) is 2.72. The second-order valence-corrected chi connectivity index (χ2v) is 7.27. The molecular weight excluding hydrogens is 324 g/mol. The van der Waals surface area contributed by atoms with Gasteiger partial charge in [-0.25, -0.2) is 0 Å². The second kappa shape index (κ2) is 6.31. The van der Waals surface area contributed by atoms with Crippen molar-refractivity contribution in [3.8, 4) is 17.1 Å². The molecule has 3 heteroatoms. The summed E-state index contributed by atoms with van der Waals surface area (Å²) in [7, 11) is 0. The first kappa shape index (κ1) is 16.9. The molecule has 1 aliphatic carbocycles. The minimum atomic E-state index is -0.358. The van der Waals surface area contributed by atoms with Crippen molar-refractivity contribution in [3.63, 3.8) is 0 Å². The molecule has 0 unspecified atom stereocenters. The van der Waals surface area contributed by atoms with E-state index in [0.717, 1.165) is 36.1 Å². The summed E-state index contributed by atoms with van der Waals surface area (Å²) in [4.78, 5) is 12.7. The van der Waals surface area contributed by atoms with E-state index >= 15 is 0 Å². The zero-order valence-electron chi connectivity index (χ0n) is 15.6. The van der Waals surface area contributed by atoms with Crippen LogP contribution in [0.15, 0.2) is 52.7 Å². The van der Waals surface area contributed by atoms with Crippen molar-refractivity contribution in [2.24, 2.45) is 0 Å². The molecule has 1 aromatic heterocycles. The van der Waals surface area contributed by atoms with Crippen LogP contribution in [0.3, 0.4) is 0 Å². The highest BCUT2D eigenvalue weighted by atomic mass is 16.5. The van der Waals surface area contributed by atoms with Crippen LogP contribution in [0.5, 0.6) is 5.75 Å². The van der Waals surface area contributed by atoms with Crippen LogP contribution in [0.4, 0.5) is 0 Å². The fraction of sp³-hybridized carbons (Fsp3) is 0.348. The van der Waals surface area contributed by atoms with E-state index < -0.39 is 0 Å². The van der Waals surface area contributed by atoms with Crippen LogP contribution in [-0.2, 0) is 0 Å². The molecule has 3 nitrogen and oxygen atoms in total. The lowest BCUT2D eigenvalue weighted by molar-refractivity contribution is 0.0350. The molecule has 134 valence electrons. The monoisotopic (exact) mass is 348 g/mol. The van der Waals surface area contributed by atoms with Crippen LogP contribution in [0.2, 0.25) is 0 Å². The van der Waals surface area contributed by atoms with Gasteiger partial charge in [0.25, 0.3) is 0 Å². The lowest BCUT2D eigenvalue weighted by Crippen LogP contribution is -2.40. The maximum Gasteiger partial charge on any atom is 0.170 e. The van der Waals surface area contributed by atoms with E-state index in [2.05, 4.69) is 39.0 Å². The SMILES string of the molecule is CCC1(CC)CC(=O)c2cc(-c3cc(C4=C(C)C=CC4)co3)ccc2O1. The lowest BCUT2D eigenvalue weighted by Gasteiger charge is -2.36. The van der Waals surface area contributed by atoms with Gasteiger partial charge in [0, 0.05) is 11.1 Å². The molecule has 26 heavy (non-hydrogen) atoms. The predicted octanol–water partition coefficient (Wildman–Crippen LogP) is 6.20. The Labute approximate surface area is 154 Å². The van der Waals surface area contributed by atoms with E-state index in [4.69, 9.17) is 9.15 Å². The Bertz CT molecular complexity index is 923. The molecule has 1 aliphatic heterocycles. The number of Topliss-reactive ketones (excluding diaryl/α,β-unsaturated/α-hetero) is 1.